The van der Waals surface area contributed by atoms with E-state index < -0.39 is 5.95 Å². The lowest BCUT2D eigenvalue weighted by atomic mass is 9.99. The van der Waals surface area contributed by atoms with Crippen LogP contribution in [-0.4, -0.2) is 103 Å². The van der Waals surface area contributed by atoms with Crippen molar-refractivity contribution in [2.45, 2.75) is 169 Å². The largest absolute Gasteiger partial charge is 0.481 e. The number of carbonyl (C=O) groups excluding carboxylic acids is 4. The maximum atomic E-state index is 13.1. The lowest BCUT2D eigenvalue weighted by Gasteiger charge is -2.29. The number of ether oxygens (including phenoxy) is 1. The van der Waals surface area contributed by atoms with Crippen molar-refractivity contribution < 1.29 is 28.3 Å². The van der Waals surface area contributed by atoms with E-state index in [0.717, 1.165) is 128 Å². The Kier molecular flexibility index (Phi) is 30.9. The SMILES string of the molecule is CCC1(N(C)c2ccc(-c3ccc(C(=O)CCc4ccc(C)nc4)cc3)cc2)CC1.CCC1(N(C)c2ccc(-c3ccc(C(=O)CCc4cccnc4OC)cc3)cc2)CC1.CCCN(C)c1ccc(-c2ccc(C(=O)CCc3ccc(C)nc3C)cc2)cc1.CCCN(C)c1ccc(-c2ccc(C(=O)CCc3ccc(F)nc3C)cc2)cc1. The van der Waals surface area contributed by atoms with Crippen LogP contribution in [0.25, 0.3) is 44.5 Å². The van der Waals surface area contributed by atoms with Gasteiger partial charge in [0.05, 0.1) is 7.11 Å². The monoisotopic (exact) mass is 1590 g/mol. The third-order valence-corrected chi connectivity index (χ3v) is 23.8. The molecule has 2 aliphatic carbocycles. The van der Waals surface area contributed by atoms with Crippen molar-refractivity contribution in [3.05, 3.63) is 328 Å². The van der Waals surface area contributed by atoms with Gasteiger partial charge >= 0.3 is 0 Å². The molecule has 119 heavy (non-hydrogen) atoms. The fraction of sp³-hybridized carbons (Fsp3) is 0.314. The van der Waals surface area contributed by atoms with Gasteiger partial charge in [-0.3, -0.25) is 29.1 Å². The molecular formula is C105H117FN8O5. The van der Waals surface area contributed by atoms with Gasteiger partial charge in [0.15, 0.2) is 23.1 Å². The predicted octanol–water partition coefficient (Wildman–Crippen LogP) is 24.1. The minimum Gasteiger partial charge on any atom is -0.481 e. The first-order valence-electron chi connectivity index (χ1n) is 42.3. The van der Waals surface area contributed by atoms with Crippen LogP contribution in [0.3, 0.4) is 0 Å². The molecule has 14 heteroatoms. The quantitative estimate of drug-likeness (QED) is 0.0285. The van der Waals surface area contributed by atoms with E-state index in [1.54, 1.807) is 26.3 Å². The van der Waals surface area contributed by atoms with Gasteiger partial charge in [-0.1, -0.05) is 198 Å². The number of aryl methyl sites for hydroxylation is 8. The Morgan fingerprint density at radius 3 is 1.02 bits per heavy atom. The zero-order chi connectivity index (χ0) is 84.6. The van der Waals surface area contributed by atoms with Gasteiger partial charge in [0.1, 0.15) is 0 Å². The number of nitrogens with zero attached hydrogens (tertiary/aromatic N) is 8. The normalized spacial score (nSPS) is 12.6. The first-order chi connectivity index (χ1) is 57.5. The first-order valence-corrected chi connectivity index (χ1v) is 42.3. The summed E-state index contributed by atoms with van der Waals surface area (Å²) in [4.78, 5) is 76.5. The molecule has 2 fully saturated rings. The minimum absolute atomic E-state index is 0.0804. The lowest BCUT2D eigenvalue weighted by Crippen LogP contribution is -2.32. The average Bonchev–Trinajstić information content (AvgIpc) is 1.63. The second kappa shape index (κ2) is 41.9. The van der Waals surface area contributed by atoms with Crippen LogP contribution in [0, 0.1) is 33.6 Å². The number of rotatable bonds is 33. The standard InChI is InChI=1S/C27H30N2O2.C27H30N2O.C26H30N2O.C25H27FN2O/c1-4-27(17-18-27)29(2)24-14-11-21(12-15-24)20-7-9-22(10-8-20)25(30)16-13-23-6-5-19-28-26(23)31-3;1-4-27(17-18-27)29(3)25-14-12-23(13-15-25)22-8-10-24(11-9-22)26(30)16-7-21-6-5-20(2)28-19-21;1-5-18-28(4)25-15-12-23(13-16-25)22-8-10-24(11-9-22)26(29)17-14-21-7-6-19(2)27-20(21)3;1-4-17-28(3)23-13-9-21(10-14-23)20-5-7-22(8-6-20)24(29)15-11-19-12-16-25(26)27-18(19)2/h5-12,14-15,19H,4,13,16-18H2,1-3H3;5-6,8-15,19H,4,7,16-18H2,1-3H3;6-13,15-16H,5,14,17-18H2,1-4H3;5-10,12-14,16H,4,11,15,17H2,1-3H3. The molecule has 0 amide bonds. The Labute approximate surface area is 705 Å². The highest BCUT2D eigenvalue weighted by atomic mass is 19.1. The molecule has 4 heterocycles. The number of Topliss-reactive ketones (excluding diaryl/α,β-unsaturated/α-hetero) is 4. The highest BCUT2D eigenvalue weighted by Crippen LogP contribution is 2.47. The predicted molar refractivity (Wildman–Crippen MR) is 489 cm³/mol. The highest BCUT2D eigenvalue weighted by Gasteiger charge is 2.45. The maximum Gasteiger partial charge on any atom is 0.216 e. The van der Waals surface area contributed by atoms with Crippen molar-refractivity contribution in [3.63, 3.8) is 0 Å². The Morgan fingerprint density at radius 2 is 0.697 bits per heavy atom. The lowest BCUT2D eigenvalue weighted by molar-refractivity contribution is 0.0974. The fourth-order valence-corrected chi connectivity index (χ4v) is 15.4. The highest BCUT2D eigenvalue weighted by molar-refractivity contribution is 5.99. The smallest absolute Gasteiger partial charge is 0.216 e. The summed E-state index contributed by atoms with van der Waals surface area (Å²) in [6, 6.07) is 81.2. The van der Waals surface area contributed by atoms with Crippen LogP contribution in [0.4, 0.5) is 27.1 Å². The molecule has 0 N–H and O–H groups in total. The summed E-state index contributed by atoms with van der Waals surface area (Å²) < 4.78 is 18.4. The van der Waals surface area contributed by atoms with E-state index >= 15 is 0 Å². The summed E-state index contributed by atoms with van der Waals surface area (Å²) in [7, 11) is 10.2. The summed E-state index contributed by atoms with van der Waals surface area (Å²) in [5.41, 5.74) is 25.6. The molecule has 8 aromatic carbocycles. The van der Waals surface area contributed by atoms with Crippen molar-refractivity contribution in [2.24, 2.45) is 0 Å². The van der Waals surface area contributed by atoms with Gasteiger partial charge in [-0.05, 0) is 239 Å². The zero-order valence-corrected chi connectivity index (χ0v) is 72.0. The molecular weight excluding hydrogens is 1470 g/mol. The van der Waals surface area contributed by atoms with Crippen LogP contribution in [0.15, 0.2) is 255 Å². The second-order valence-corrected chi connectivity index (χ2v) is 31.9. The third kappa shape index (κ3) is 23.9. The Balaban J connectivity index is 0.000000155. The number of halogens is 1. The van der Waals surface area contributed by atoms with E-state index in [9.17, 15) is 23.6 Å². The van der Waals surface area contributed by atoms with E-state index in [1.807, 2.05) is 154 Å². The summed E-state index contributed by atoms with van der Waals surface area (Å²) in [6.45, 7) is 18.7. The molecule has 0 saturated heterocycles. The van der Waals surface area contributed by atoms with Gasteiger partial charge in [-0.15, -0.1) is 0 Å². The van der Waals surface area contributed by atoms with Crippen molar-refractivity contribution in [3.8, 4) is 50.4 Å². The summed E-state index contributed by atoms with van der Waals surface area (Å²) >= 11 is 0. The van der Waals surface area contributed by atoms with Gasteiger partial charge in [-0.2, -0.15) is 4.39 Å². The number of anilines is 4. The van der Waals surface area contributed by atoms with Crippen LogP contribution in [0.5, 0.6) is 5.88 Å². The van der Waals surface area contributed by atoms with E-state index in [4.69, 9.17) is 4.74 Å². The number of ketones is 4. The molecule has 12 aromatic rings. The molecule has 0 atom stereocenters. The van der Waals surface area contributed by atoms with E-state index in [0.29, 0.717) is 66.7 Å². The third-order valence-electron chi connectivity index (χ3n) is 23.8. The Bertz CT molecular complexity index is 5140. The summed E-state index contributed by atoms with van der Waals surface area (Å²) in [5, 5.41) is 0. The number of aromatic nitrogens is 4. The molecule has 2 aliphatic rings. The molecule has 0 aliphatic heterocycles. The second-order valence-electron chi connectivity index (χ2n) is 31.9. The van der Waals surface area contributed by atoms with Crippen LogP contribution >= 0.6 is 0 Å². The summed E-state index contributed by atoms with van der Waals surface area (Å²) in [6.07, 6.45) is 17.8. The molecule has 0 unspecified atom stereocenters. The first kappa shape index (κ1) is 87.8. The number of methoxy groups -OCH3 is 1. The van der Waals surface area contributed by atoms with E-state index in [2.05, 4.69) is 199 Å². The number of hydrogen-bond donors (Lipinski definition) is 0. The molecule has 14 rings (SSSR count). The van der Waals surface area contributed by atoms with Crippen molar-refractivity contribution in [2.75, 3.05) is 68.0 Å². The number of hydrogen-bond acceptors (Lipinski definition) is 13. The van der Waals surface area contributed by atoms with Gasteiger partial charge in [0.2, 0.25) is 11.8 Å². The fourth-order valence-electron chi connectivity index (χ4n) is 15.4. The van der Waals surface area contributed by atoms with Crippen molar-refractivity contribution >= 4 is 45.9 Å². The topological polar surface area (TPSA) is 142 Å². The van der Waals surface area contributed by atoms with E-state index in [1.165, 1.54) is 78.5 Å². The molecule has 4 aromatic heterocycles. The maximum absolute atomic E-state index is 13.1. The van der Waals surface area contributed by atoms with Crippen LogP contribution < -0.4 is 24.3 Å². The summed E-state index contributed by atoms with van der Waals surface area (Å²) in [5.74, 6) is 0.659. The van der Waals surface area contributed by atoms with Crippen LogP contribution in [-0.2, 0) is 25.7 Å². The van der Waals surface area contributed by atoms with Crippen molar-refractivity contribution in [1.29, 1.82) is 0 Å². The molecule has 0 radical (unpaired) electrons. The van der Waals surface area contributed by atoms with Crippen LogP contribution in [0.1, 0.15) is 191 Å². The zero-order valence-electron chi connectivity index (χ0n) is 72.0. The van der Waals surface area contributed by atoms with Gasteiger partial charge in [0.25, 0.3) is 0 Å². The Hall–Kier alpha value is -12.0. The number of pyridine rings is 4. The van der Waals surface area contributed by atoms with Crippen LogP contribution in [0.2, 0.25) is 0 Å². The molecule has 614 valence electrons. The number of benzene rings is 8. The van der Waals surface area contributed by atoms with Gasteiger partial charge < -0.3 is 24.3 Å². The van der Waals surface area contributed by atoms with Crippen molar-refractivity contribution in [1.82, 2.24) is 19.9 Å². The Morgan fingerprint density at radius 1 is 0.370 bits per heavy atom. The minimum atomic E-state index is -0.488. The molecule has 0 bridgehead atoms. The van der Waals surface area contributed by atoms with E-state index in [-0.39, 0.29) is 23.1 Å². The van der Waals surface area contributed by atoms with Gasteiger partial charge in [-0.25, -0.2) is 9.97 Å². The molecule has 13 nitrogen and oxygen atoms in total. The van der Waals surface area contributed by atoms with Gasteiger partial charge in [0, 0.05) is 164 Å². The molecule has 2 saturated carbocycles. The molecule has 0 spiro atoms. The number of carbonyl (C=O) groups is 4. The average molecular weight is 1590 g/mol.